The maximum atomic E-state index is 5.48. The molecule has 0 aliphatic heterocycles. The molecule has 9 heteroatoms. The van der Waals surface area contributed by atoms with Gasteiger partial charge in [-0.3, -0.25) is 0 Å². The molecule has 2 aliphatic carbocycles. The summed E-state index contributed by atoms with van der Waals surface area (Å²) >= 11 is 0. The molecule has 1 aromatic rings. The van der Waals surface area contributed by atoms with E-state index in [1.54, 1.807) is 7.11 Å². The van der Waals surface area contributed by atoms with E-state index in [4.69, 9.17) is 42.6 Å². The van der Waals surface area contributed by atoms with Gasteiger partial charge in [-0.05, 0) is 186 Å². The maximum absolute atomic E-state index is 5.48. The highest BCUT2D eigenvalue weighted by atomic mass is 16.5. The maximum Gasteiger partial charge on any atom is 0.119 e. The zero-order chi connectivity index (χ0) is 55.9. The average molecular weight is 1020 g/mol. The van der Waals surface area contributed by atoms with Gasteiger partial charge in [0.1, 0.15) is 5.75 Å². The molecular weight excluding hydrogens is 889 g/mol. The van der Waals surface area contributed by atoms with E-state index in [1.807, 2.05) is 71.9 Å². The molecule has 432 valence electrons. The van der Waals surface area contributed by atoms with Gasteiger partial charge in [0.05, 0.1) is 54.4 Å². The number of methoxy groups -OCH3 is 1. The third-order valence-corrected chi connectivity index (χ3v) is 10.6. The lowest BCUT2D eigenvalue weighted by Crippen LogP contribution is -2.18. The fraction of sp³-hybridized carbons (Fsp3) is 0.903. The molecule has 2 fully saturated rings. The molecule has 0 radical (unpaired) electrons. The van der Waals surface area contributed by atoms with Crippen LogP contribution in [0.15, 0.2) is 30.3 Å². The summed E-state index contributed by atoms with van der Waals surface area (Å²) < 4.78 is 47.5. The van der Waals surface area contributed by atoms with Crippen LogP contribution < -0.4 is 4.74 Å². The van der Waals surface area contributed by atoms with E-state index >= 15 is 0 Å². The van der Waals surface area contributed by atoms with E-state index in [0.717, 1.165) is 84.3 Å². The van der Waals surface area contributed by atoms with Gasteiger partial charge < -0.3 is 42.6 Å². The molecule has 9 nitrogen and oxygen atoms in total. The highest BCUT2D eigenvalue weighted by molar-refractivity contribution is 5.20. The second-order valence-electron chi connectivity index (χ2n) is 20.9. The van der Waals surface area contributed by atoms with Crippen molar-refractivity contribution in [2.45, 2.75) is 297 Å². The van der Waals surface area contributed by atoms with Crippen molar-refractivity contribution in [2.75, 3.05) is 60.0 Å². The summed E-state index contributed by atoms with van der Waals surface area (Å²) in [5.41, 5.74) is 0.0920. The van der Waals surface area contributed by atoms with Gasteiger partial charge >= 0.3 is 0 Å². The van der Waals surface area contributed by atoms with Gasteiger partial charge in [-0.15, -0.1) is 0 Å². The molecule has 0 bridgehead atoms. The van der Waals surface area contributed by atoms with Crippen LogP contribution in [0.5, 0.6) is 5.75 Å². The van der Waals surface area contributed by atoms with Gasteiger partial charge in [0, 0.05) is 53.4 Å². The Kier molecular flexibility index (Phi) is 68.0. The summed E-state index contributed by atoms with van der Waals surface area (Å²) in [7, 11) is 1.71. The molecular formula is C62H130O9. The fourth-order valence-corrected chi connectivity index (χ4v) is 5.62. The minimum atomic E-state index is 0.0417. The molecule has 0 amide bonds. The van der Waals surface area contributed by atoms with Crippen LogP contribution in [0.2, 0.25) is 0 Å². The van der Waals surface area contributed by atoms with E-state index in [2.05, 4.69) is 125 Å². The molecule has 0 saturated heterocycles. The predicted molar refractivity (Wildman–Crippen MR) is 312 cm³/mol. The third-order valence-electron chi connectivity index (χ3n) is 10.6. The smallest absolute Gasteiger partial charge is 0.119 e. The quantitative estimate of drug-likeness (QED) is 0.120. The highest BCUT2D eigenvalue weighted by Crippen LogP contribution is 2.21. The van der Waals surface area contributed by atoms with Crippen LogP contribution in [0.25, 0.3) is 0 Å². The van der Waals surface area contributed by atoms with Gasteiger partial charge in [-0.2, -0.15) is 0 Å². The van der Waals surface area contributed by atoms with Crippen LogP contribution in [0.3, 0.4) is 0 Å². The third kappa shape index (κ3) is 77.7. The standard InChI is InChI=1S/C8H16O.C8H10O.C8H18O.C7H14O.2C7H16O.2C6H14O.C5H12O/c2*1-2-9-8-6-4-3-5-7-8;1-5-6-9-8(4)7(2)3;1-2-8-7-5-3-4-6-7;1-5-8-7(4)6(2)3;1-4-6-8-7(3)5-2;1-5-7-6(2,3)4;1-4-5-7-6(2)3;1-5(2,3)6-4/h8H,2-7H2,1H3;3-7H,2H2,1H3;7-8H,5-6H2,1-4H3;7H,2-6H2,1H3;6-7H,5H2,1-4H3;7H,4-6H2,1-3H3;5H2,1-4H3;6H,4-5H2,1-3H3;1-4H3. The summed E-state index contributed by atoms with van der Waals surface area (Å²) in [6.45, 7) is 56.9. The van der Waals surface area contributed by atoms with Crippen molar-refractivity contribution in [1.29, 1.82) is 0 Å². The first-order valence-corrected chi connectivity index (χ1v) is 28.9. The summed E-state index contributed by atoms with van der Waals surface area (Å²) in [5, 5.41) is 0. The Balaban J connectivity index is -0.000000168. The summed E-state index contributed by atoms with van der Waals surface area (Å²) in [6.07, 6.45) is 19.5. The number of rotatable bonds is 21. The fourth-order valence-electron chi connectivity index (χ4n) is 5.62. The highest BCUT2D eigenvalue weighted by Gasteiger charge is 2.14. The molecule has 3 unspecified atom stereocenters. The summed E-state index contributed by atoms with van der Waals surface area (Å²) in [6, 6.07) is 9.80. The summed E-state index contributed by atoms with van der Waals surface area (Å²) in [5.74, 6) is 2.24. The van der Waals surface area contributed by atoms with Crippen molar-refractivity contribution < 1.29 is 42.6 Å². The van der Waals surface area contributed by atoms with Crippen LogP contribution in [0.4, 0.5) is 0 Å². The van der Waals surface area contributed by atoms with Gasteiger partial charge in [-0.25, -0.2) is 0 Å². The second-order valence-corrected chi connectivity index (χ2v) is 20.9. The van der Waals surface area contributed by atoms with Crippen molar-refractivity contribution in [3.63, 3.8) is 0 Å². The zero-order valence-corrected chi connectivity index (χ0v) is 52.5. The minimum Gasteiger partial charge on any atom is -0.494 e. The van der Waals surface area contributed by atoms with Crippen LogP contribution >= 0.6 is 0 Å². The first-order valence-electron chi connectivity index (χ1n) is 28.9. The molecule has 0 heterocycles. The molecule has 2 aliphatic rings. The Hall–Kier alpha value is -1.30. The minimum absolute atomic E-state index is 0.0417. The van der Waals surface area contributed by atoms with E-state index in [-0.39, 0.29) is 11.2 Å². The Morgan fingerprint density at radius 2 is 0.859 bits per heavy atom. The van der Waals surface area contributed by atoms with Gasteiger partial charge in [0.15, 0.2) is 0 Å². The van der Waals surface area contributed by atoms with Crippen LogP contribution in [-0.4, -0.2) is 108 Å². The Morgan fingerprint density at radius 3 is 1.13 bits per heavy atom. The van der Waals surface area contributed by atoms with E-state index in [1.165, 1.54) is 57.8 Å². The van der Waals surface area contributed by atoms with Gasteiger partial charge in [0.2, 0.25) is 0 Å². The van der Waals surface area contributed by atoms with Crippen molar-refractivity contribution in [3.8, 4) is 5.75 Å². The lowest BCUT2D eigenvalue weighted by molar-refractivity contribution is 0.00530. The molecule has 0 N–H and O–H groups in total. The first-order chi connectivity index (χ1) is 33.4. The Morgan fingerprint density at radius 1 is 0.465 bits per heavy atom. The normalized spacial score (nSPS) is 14.7. The SMILES string of the molecule is CCCOC(C)C.CCCOC(C)C(C)C.CCCOC(C)CC.CCOC(C)(C)C.CCOC(C)C(C)C.CCOC1CCCC1.CCOC1CCCCC1.CCOc1ccccc1.COC(C)(C)C. The Bertz CT molecular complexity index is 1050. The predicted octanol–water partition coefficient (Wildman–Crippen LogP) is 18.2. The second kappa shape index (κ2) is 59.6. The molecule has 1 aromatic carbocycles. The number of hydrogen-bond donors (Lipinski definition) is 0. The van der Waals surface area contributed by atoms with Crippen molar-refractivity contribution in [3.05, 3.63) is 30.3 Å². The number of hydrogen-bond acceptors (Lipinski definition) is 9. The molecule has 0 spiro atoms. The van der Waals surface area contributed by atoms with Gasteiger partial charge in [0.25, 0.3) is 0 Å². The Labute approximate surface area is 446 Å². The molecule has 0 aromatic heterocycles. The van der Waals surface area contributed by atoms with Gasteiger partial charge in [-0.1, -0.05) is 106 Å². The van der Waals surface area contributed by atoms with Crippen molar-refractivity contribution >= 4 is 0 Å². The average Bonchev–Trinajstić information content (AvgIpc) is 3.85. The first kappa shape index (κ1) is 81.1. The monoisotopic (exact) mass is 1020 g/mol. The van der Waals surface area contributed by atoms with Crippen molar-refractivity contribution in [1.82, 2.24) is 0 Å². The van der Waals surface area contributed by atoms with Crippen molar-refractivity contribution in [2.24, 2.45) is 11.8 Å². The topological polar surface area (TPSA) is 83.1 Å². The lowest BCUT2D eigenvalue weighted by atomic mass is 9.98. The number of para-hydroxylation sites is 1. The van der Waals surface area contributed by atoms with Crippen LogP contribution in [-0.2, 0) is 37.9 Å². The largest absolute Gasteiger partial charge is 0.494 e. The van der Waals surface area contributed by atoms with Crippen LogP contribution in [0, 0.1) is 11.8 Å². The van der Waals surface area contributed by atoms with E-state index in [0.29, 0.717) is 48.5 Å². The molecule has 3 rings (SSSR count). The number of ether oxygens (including phenoxy) is 9. The summed E-state index contributed by atoms with van der Waals surface area (Å²) in [4.78, 5) is 0. The molecule has 3 atom stereocenters. The lowest BCUT2D eigenvalue weighted by Gasteiger charge is -2.20. The molecule has 71 heavy (non-hydrogen) atoms. The number of benzene rings is 1. The van der Waals surface area contributed by atoms with Crippen LogP contribution in [0.1, 0.15) is 250 Å². The van der Waals surface area contributed by atoms with E-state index < -0.39 is 0 Å². The van der Waals surface area contributed by atoms with E-state index in [9.17, 15) is 0 Å². The molecule has 2 saturated carbocycles. The zero-order valence-electron chi connectivity index (χ0n) is 52.5.